The lowest BCUT2D eigenvalue weighted by Crippen LogP contribution is -2.34. The van der Waals surface area contributed by atoms with Crippen LogP contribution in [-0.2, 0) is 9.59 Å². The second kappa shape index (κ2) is 4.02. The van der Waals surface area contributed by atoms with Crippen molar-refractivity contribution in [1.29, 1.82) is 0 Å². The first-order valence-corrected chi connectivity index (χ1v) is 6.39. The average molecular weight is 276 g/mol. The first-order valence-electron chi connectivity index (χ1n) is 6.39. The fourth-order valence-corrected chi connectivity index (χ4v) is 2.66. The number of hydrogen-bond donors (Lipinski definition) is 0. The van der Waals surface area contributed by atoms with Crippen LogP contribution < -0.4 is 4.90 Å². The number of fused-ring (bicyclic) bond motifs is 2. The predicted octanol–water partition coefficient (Wildman–Crippen LogP) is 1.83. The van der Waals surface area contributed by atoms with E-state index in [4.69, 9.17) is 0 Å². The highest BCUT2D eigenvalue weighted by atomic mass is 16.2. The number of allylic oxidation sites excluding steroid dienone is 5. The molecule has 4 aliphatic rings. The number of imide groups is 2. The molecule has 5 rings (SSSR count). The number of hydrogen-bond acceptors (Lipinski definition) is 3. The van der Waals surface area contributed by atoms with Crippen molar-refractivity contribution in [2.45, 2.75) is 6.42 Å². The van der Waals surface area contributed by atoms with Crippen molar-refractivity contribution in [3.8, 4) is 0 Å². The first-order chi connectivity index (χ1) is 10.2. The highest BCUT2D eigenvalue weighted by Gasteiger charge is 2.48. The molecule has 2 radical (unpaired) electrons. The zero-order chi connectivity index (χ0) is 14.6. The minimum atomic E-state index is -0.832. The Morgan fingerprint density at radius 3 is 2.29 bits per heavy atom. The number of urea groups is 1. The summed E-state index contributed by atoms with van der Waals surface area (Å²) >= 11 is 0. The monoisotopic (exact) mass is 276 g/mol. The highest BCUT2D eigenvalue weighted by molar-refractivity contribution is 6.54. The van der Waals surface area contributed by atoms with Gasteiger partial charge in [-0.25, -0.2) is 14.6 Å². The molecular weight excluding hydrogens is 268 g/mol. The minimum absolute atomic E-state index is 0.406. The van der Waals surface area contributed by atoms with Gasteiger partial charge in [-0.15, -0.1) is 0 Å². The molecule has 100 valence electrons. The molecule has 3 aliphatic heterocycles. The van der Waals surface area contributed by atoms with Crippen LogP contribution in [0.4, 0.5) is 10.5 Å². The van der Waals surface area contributed by atoms with Crippen molar-refractivity contribution in [3.05, 3.63) is 59.7 Å². The van der Waals surface area contributed by atoms with Gasteiger partial charge in [-0.05, 0) is 35.4 Å². The van der Waals surface area contributed by atoms with Crippen LogP contribution in [0.15, 0.2) is 42.0 Å². The Kier molecular flexibility index (Phi) is 2.27. The second-order valence-corrected chi connectivity index (χ2v) is 4.80. The summed E-state index contributed by atoms with van der Waals surface area (Å²) in [7, 11) is 0. The lowest BCUT2D eigenvalue weighted by atomic mass is 9.99. The lowest BCUT2D eigenvalue weighted by Gasteiger charge is -2.24. The van der Waals surface area contributed by atoms with Crippen LogP contribution in [0.2, 0.25) is 0 Å². The third-order valence-corrected chi connectivity index (χ3v) is 3.62. The van der Waals surface area contributed by atoms with E-state index < -0.39 is 17.8 Å². The van der Waals surface area contributed by atoms with Gasteiger partial charge in [0.1, 0.15) is 0 Å². The van der Waals surface area contributed by atoms with Crippen molar-refractivity contribution in [1.82, 2.24) is 4.90 Å². The normalized spacial score (nSPS) is 23.1. The summed E-state index contributed by atoms with van der Waals surface area (Å²) in [5, 5.41) is 0. The quantitative estimate of drug-likeness (QED) is 0.536. The molecule has 0 atom stereocenters. The van der Waals surface area contributed by atoms with Crippen LogP contribution in [0.1, 0.15) is 12.0 Å². The van der Waals surface area contributed by atoms with E-state index in [2.05, 4.69) is 12.2 Å². The molecule has 1 aromatic carbocycles. The van der Waals surface area contributed by atoms with Crippen LogP contribution in [0.3, 0.4) is 0 Å². The minimum Gasteiger partial charge on any atom is -0.262 e. The fourth-order valence-electron chi connectivity index (χ4n) is 2.66. The molecule has 4 bridgehead atoms. The second-order valence-electron chi connectivity index (χ2n) is 4.80. The number of anilines is 1. The van der Waals surface area contributed by atoms with Gasteiger partial charge < -0.3 is 0 Å². The van der Waals surface area contributed by atoms with Gasteiger partial charge in [-0.2, -0.15) is 0 Å². The van der Waals surface area contributed by atoms with Crippen LogP contribution in [0, 0.1) is 12.2 Å². The van der Waals surface area contributed by atoms with Gasteiger partial charge in [-0.3, -0.25) is 9.59 Å². The number of nitrogens with zero attached hydrogens (tertiary/aromatic N) is 2. The molecule has 1 aliphatic carbocycles. The summed E-state index contributed by atoms with van der Waals surface area (Å²) in [5.74, 6) is -1.66. The Labute approximate surface area is 120 Å². The smallest absolute Gasteiger partial charge is 0.262 e. The fraction of sp³-hybridized carbons (Fsp3) is 0.0625. The Bertz CT molecular complexity index is 784. The summed E-state index contributed by atoms with van der Waals surface area (Å²) in [6.45, 7) is 0. The Morgan fingerprint density at radius 1 is 0.905 bits per heavy atom. The van der Waals surface area contributed by atoms with E-state index in [0.717, 1.165) is 9.80 Å². The molecule has 0 N–H and O–H groups in total. The summed E-state index contributed by atoms with van der Waals surface area (Å²) in [4.78, 5) is 38.5. The summed E-state index contributed by atoms with van der Waals surface area (Å²) in [6, 6.07) is 6.26. The van der Waals surface area contributed by atoms with Crippen LogP contribution in [-0.4, -0.2) is 22.7 Å². The maximum atomic E-state index is 12.4. The SMILES string of the molecule is O=C1C(=O)N2C(=O)N1C(=C1[C]=CC=[C]C1)c1ccc2cc1. The molecule has 3 heterocycles. The van der Waals surface area contributed by atoms with Gasteiger partial charge in [0.25, 0.3) is 0 Å². The third-order valence-electron chi connectivity index (χ3n) is 3.62. The Balaban J connectivity index is 2.05. The van der Waals surface area contributed by atoms with E-state index in [-0.39, 0.29) is 0 Å². The van der Waals surface area contributed by atoms with Crippen molar-refractivity contribution < 1.29 is 14.4 Å². The maximum absolute atomic E-state index is 12.4. The molecule has 1 aromatic rings. The number of amides is 4. The zero-order valence-corrected chi connectivity index (χ0v) is 10.8. The topological polar surface area (TPSA) is 57.7 Å². The van der Waals surface area contributed by atoms with Crippen LogP contribution >= 0.6 is 0 Å². The van der Waals surface area contributed by atoms with Gasteiger partial charge in [0.2, 0.25) is 0 Å². The van der Waals surface area contributed by atoms with E-state index in [1.54, 1.807) is 36.4 Å². The van der Waals surface area contributed by atoms with E-state index in [1.807, 2.05) is 0 Å². The number of carbonyl (C=O) groups excluding carboxylic acids is 3. The number of carbonyl (C=O) groups is 3. The molecule has 0 aromatic heterocycles. The maximum Gasteiger partial charge on any atom is 0.343 e. The van der Waals surface area contributed by atoms with Gasteiger partial charge in [0, 0.05) is 6.42 Å². The largest absolute Gasteiger partial charge is 0.343 e. The van der Waals surface area contributed by atoms with E-state index in [1.165, 1.54) is 0 Å². The first kappa shape index (κ1) is 11.8. The predicted molar refractivity (Wildman–Crippen MR) is 73.3 cm³/mol. The average Bonchev–Trinajstić information content (AvgIpc) is 2.76. The highest BCUT2D eigenvalue weighted by Crippen LogP contribution is 2.36. The van der Waals surface area contributed by atoms with E-state index in [9.17, 15) is 14.4 Å². The van der Waals surface area contributed by atoms with Crippen molar-refractivity contribution in [2.75, 3.05) is 4.90 Å². The molecule has 5 heteroatoms. The van der Waals surface area contributed by atoms with Crippen molar-refractivity contribution in [2.24, 2.45) is 0 Å². The summed E-state index contributed by atoms with van der Waals surface area (Å²) < 4.78 is 0. The van der Waals surface area contributed by atoms with Crippen LogP contribution in [0.5, 0.6) is 0 Å². The standard InChI is InChI=1S/C16H8N2O3/c19-14-15(20)18-13(10-4-2-1-3-5-10)11-6-8-12(9-7-11)17(14)16(18)21/h1-2,6-9H,5H2. The molecule has 0 saturated carbocycles. The van der Waals surface area contributed by atoms with Crippen LogP contribution in [0.25, 0.3) is 5.70 Å². The molecule has 0 unspecified atom stereocenters. The summed E-state index contributed by atoms with van der Waals surface area (Å²) in [6.07, 6.45) is 9.85. The molecule has 21 heavy (non-hydrogen) atoms. The van der Waals surface area contributed by atoms with Crippen molar-refractivity contribution in [3.63, 3.8) is 0 Å². The van der Waals surface area contributed by atoms with Gasteiger partial charge in [0.15, 0.2) is 0 Å². The van der Waals surface area contributed by atoms with Gasteiger partial charge in [-0.1, -0.05) is 24.3 Å². The Hall–Kier alpha value is -2.95. The zero-order valence-electron chi connectivity index (χ0n) is 10.8. The molecule has 5 nitrogen and oxygen atoms in total. The molecule has 1 fully saturated rings. The van der Waals surface area contributed by atoms with Gasteiger partial charge in [0.05, 0.1) is 11.4 Å². The molecule has 4 amide bonds. The van der Waals surface area contributed by atoms with E-state index in [0.29, 0.717) is 28.9 Å². The number of benzene rings is 1. The van der Waals surface area contributed by atoms with Gasteiger partial charge >= 0.3 is 17.8 Å². The van der Waals surface area contributed by atoms with Crippen molar-refractivity contribution >= 4 is 29.2 Å². The molecular formula is C16H8N2O3. The Morgan fingerprint density at radius 2 is 1.62 bits per heavy atom. The van der Waals surface area contributed by atoms with E-state index >= 15 is 0 Å². The lowest BCUT2D eigenvalue weighted by molar-refractivity contribution is -0.137. The molecule has 0 spiro atoms. The summed E-state index contributed by atoms with van der Waals surface area (Å²) in [5.41, 5.74) is 2.17. The molecule has 1 saturated heterocycles. The third kappa shape index (κ3) is 1.48. The number of rotatable bonds is 0.